The Morgan fingerprint density at radius 3 is 2.53 bits per heavy atom. The number of alkyl halides is 3. The topological polar surface area (TPSA) is 70.6 Å². The number of ether oxygens (including phenoxy) is 1. The smallest absolute Gasteiger partial charge is 0.416 e. The van der Waals surface area contributed by atoms with Gasteiger partial charge in [0.1, 0.15) is 11.6 Å². The lowest BCUT2D eigenvalue weighted by Crippen LogP contribution is -2.44. The number of amides is 1. The highest BCUT2D eigenvalue weighted by atomic mass is 19.4. The lowest BCUT2D eigenvalue weighted by atomic mass is 9.92. The average molecular weight is 530 g/mol. The molecular weight excluding hydrogens is 495 g/mol. The van der Waals surface area contributed by atoms with Gasteiger partial charge in [-0.15, -0.1) is 0 Å². The lowest BCUT2D eigenvalue weighted by Gasteiger charge is -2.34. The van der Waals surface area contributed by atoms with Crippen LogP contribution in [0, 0.1) is 5.92 Å². The molecule has 0 saturated carbocycles. The molecule has 0 spiro atoms. The Morgan fingerprint density at radius 1 is 1.05 bits per heavy atom. The molecule has 10 heteroatoms. The van der Waals surface area contributed by atoms with Gasteiger partial charge >= 0.3 is 6.18 Å². The van der Waals surface area contributed by atoms with Gasteiger partial charge in [0.2, 0.25) is 5.91 Å². The normalized spacial score (nSPS) is 22.9. The number of pyridine rings is 2. The quantitative estimate of drug-likeness (QED) is 0.592. The van der Waals surface area contributed by atoms with Crippen LogP contribution in [0.3, 0.4) is 0 Å². The molecular formula is C28H34F3N5O2. The highest BCUT2D eigenvalue weighted by molar-refractivity contribution is 5.79. The van der Waals surface area contributed by atoms with Crippen LogP contribution in [0.15, 0.2) is 42.7 Å². The summed E-state index contributed by atoms with van der Waals surface area (Å²) in [5.41, 5.74) is 1.57. The van der Waals surface area contributed by atoms with Crippen LogP contribution in [0.25, 0.3) is 5.57 Å². The molecule has 2 fully saturated rings. The minimum absolute atomic E-state index is 0.0898. The zero-order chi connectivity index (χ0) is 26.7. The summed E-state index contributed by atoms with van der Waals surface area (Å²) in [6.07, 6.45) is 5.94. The van der Waals surface area contributed by atoms with Crippen LogP contribution >= 0.6 is 0 Å². The van der Waals surface area contributed by atoms with Gasteiger partial charge < -0.3 is 19.9 Å². The van der Waals surface area contributed by atoms with Crippen molar-refractivity contribution in [3.8, 4) is 5.75 Å². The third kappa shape index (κ3) is 6.11. The molecule has 1 aliphatic carbocycles. The predicted octanol–water partition coefficient (Wildman–Crippen LogP) is 4.55. The van der Waals surface area contributed by atoms with Crippen molar-refractivity contribution in [3.05, 3.63) is 54.0 Å². The van der Waals surface area contributed by atoms with Crippen LogP contribution in [0.5, 0.6) is 5.75 Å². The van der Waals surface area contributed by atoms with Gasteiger partial charge in [-0.3, -0.25) is 9.78 Å². The molecule has 0 bridgehead atoms. The van der Waals surface area contributed by atoms with E-state index < -0.39 is 11.7 Å². The molecule has 2 aromatic heterocycles. The largest absolute Gasteiger partial charge is 0.495 e. The molecule has 1 amide bonds. The van der Waals surface area contributed by atoms with Gasteiger partial charge in [0.15, 0.2) is 0 Å². The van der Waals surface area contributed by atoms with Crippen LogP contribution in [-0.2, 0) is 11.0 Å². The standard InChI is InChI=1S/C28H34F3N5O2/c1-38-24-6-7-25(33-17-24)19-2-4-22(5-3-19)34-23-11-15-36(18-23)27(37)20-9-13-35(14-10-20)26-16-21(8-12-32-26)28(29,30)31/h2,6-8,12,16-17,20,22-23,34H,3-5,9-11,13-15,18H2,1H3/t22?,23-/m0/s1. The second kappa shape index (κ2) is 11.3. The highest BCUT2D eigenvalue weighted by Crippen LogP contribution is 2.32. The molecule has 3 aliphatic rings. The minimum Gasteiger partial charge on any atom is -0.495 e. The molecule has 2 aliphatic heterocycles. The summed E-state index contributed by atoms with van der Waals surface area (Å²) < 4.78 is 44.4. The minimum atomic E-state index is -4.39. The summed E-state index contributed by atoms with van der Waals surface area (Å²) in [6.45, 7) is 2.51. The van der Waals surface area contributed by atoms with E-state index in [-0.39, 0.29) is 17.9 Å². The van der Waals surface area contributed by atoms with Gasteiger partial charge in [-0.1, -0.05) is 6.08 Å². The van der Waals surface area contributed by atoms with Crippen molar-refractivity contribution in [2.45, 2.75) is 56.8 Å². The van der Waals surface area contributed by atoms with Crippen molar-refractivity contribution in [3.63, 3.8) is 0 Å². The van der Waals surface area contributed by atoms with E-state index in [1.54, 1.807) is 13.3 Å². The molecule has 2 saturated heterocycles. The Hall–Kier alpha value is -3.14. The molecule has 2 atom stereocenters. The Bertz CT molecular complexity index is 1150. The molecule has 38 heavy (non-hydrogen) atoms. The van der Waals surface area contributed by atoms with E-state index in [2.05, 4.69) is 21.4 Å². The summed E-state index contributed by atoms with van der Waals surface area (Å²) in [5.74, 6) is 1.15. The number of halogens is 3. The summed E-state index contributed by atoms with van der Waals surface area (Å²) in [7, 11) is 1.63. The lowest BCUT2D eigenvalue weighted by molar-refractivity contribution is -0.137. The number of nitrogens with zero attached hydrogens (tertiary/aromatic N) is 4. The van der Waals surface area contributed by atoms with Gasteiger partial charge in [-0.2, -0.15) is 13.2 Å². The second-order valence-electron chi connectivity index (χ2n) is 10.4. The van der Waals surface area contributed by atoms with Crippen molar-refractivity contribution in [2.75, 3.05) is 38.2 Å². The van der Waals surface area contributed by atoms with Crippen molar-refractivity contribution in [1.29, 1.82) is 0 Å². The third-order valence-corrected chi connectivity index (χ3v) is 7.92. The SMILES string of the molecule is COc1ccc(C2=CCC(N[C@H]3CCN(C(=O)C4CCN(c5cc(C(F)(F)F)ccn5)CC4)C3)CC2)nc1. The van der Waals surface area contributed by atoms with E-state index >= 15 is 0 Å². The molecule has 5 rings (SSSR count). The fourth-order valence-corrected chi connectivity index (χ4v) is 5.72. The monoisotopic (exact) mass is 529 g/mol. The Balaban J connectivity index is 1.08. The maximum Gasteiger partial charge on any atom is 0.416 e. The molecule has 204 valence electrons. The first-order valence-corrected chi connectivity index (χ1v) is 13.3. The molecule has 0 aromatic carbocycles. The molecule has 4 heterocycles. The first-order chi connectivity index (χ1) is 18.3. The second-order valence-corrected chi connectivity index (χ2v) is 10.4. The van der Waals surface area contributed by atoms with Gasteiger partial charge in [0.05, 0.1) is 24.6 Å². The van der Waals surface area contributed by atoms with Crippen molar-refractivity contribution in [2.24, 2.45) is 5.92 Å². The first kappa shape index (κ1) is 26.5. The molecule has 1 unspecified atom stereocenters. The van der Waals surface area contributed by atoms with Gasteiger partial charge in [-0.05, 0) is 68.4 Å². The zero-order valence-corrected chi connectivity index (χ0v) is 21.6. The zero-order valence-electron chi connectivity index (χ0n) is 21.6. The van der Waals surface area contributed by atoms with Gasteiger partial charge in [0.25, 0.3) is 0 Å². The summed E-state index contributed by atoms with van der Waals surface area (Å²) in [6, 6.07) is 6.68. The number of likely N-dealkylation sites (tertiary alicyclic amines) is 1. The van der Waals surface area contributed by atoms with E-state index in [9.17, 15) is 18.0 Å². The maximum absolute atomic E-state index is 13.2. The van der Waals surface area contributed by atoms with E-state index in [1.165, 1.54) is 11.8 Å². The van der Waals surface area contributed by atoms with Crippen LogP contribution < -0.4 is 15.0 Å². The molecule has 1 N–H and O–H groups in total. The highest BCUT2D eigenvalue weighted by Gasteiger charge is 2.35. The van der Waals surface area contributed by atoms with E-state index in [0.29, 0.717) is 44.3 Å². The van der Waals surface area contributed by atoms with E-state index in [0.717, 1.165) is 55.8 Å². The number of methoxy groups -OCH3 is 1. The van der Waals surface area contributed by atoms with Crippen molar-refractivity contribution in [1.82, 2.24) is 20.2 Å². The molecule has 2 aromatic rings. The average Bonchev–Trinajstić information content (AvgIpc) is 3.41. The van der Waals surface area contributed by atoms with E-state index in [4.69, 9.17) is 4.74 Å². The number of piperidine rings is 1. The number of allylic oxidation sites excluding steroid dienone is 1. The summed E-state index contributed by atoms with van der Waals surface area (Å²) in [5, 5.41) is 3.75. The number of carbonyl (C=O) groups is 1. The number of hydrogen-bond acceptors (Lipinski definition) is 6. The summed E-state index contributed by atoms with van der Waals surface area (Å²) in [4.78, 5) is 25.6. The molecule has 0 radical (unpaired) electrons. The Morgan fingerprint density at radius 2 is 1.87 bits per heavy atom. The first-order valence-electron chi connectivity index (χ1n) is 13.3. The number of aromatic nitrogens is 2. The van der Waals surface area contributed by atoms with Crippen LogP contribution in [-0.4, -0.2) is 66.1 Å². The third-order valence-electron chi connectivity index (χ3n) is 7.92. The van der Waals surface area contributed by atoms with E-state index in [1.807, 2.05) is 21.9 Å². The predicted molar refractivity (Wildman–Crippen MR) is 139 cm³/mol. The number of rotatable bonds is 6. The number of carbonyl (C=O) groups excluding carboxylic acids is 1. The Labute approximate surface area is 221 Å². The van der Waals surface area contributed by atoms with Crippen LogP contribution in [0.4, 0.5) is 19.0 Å². The van der Waals surface area contributed by atoms with Crippen LogP contribution in [0.1, 0.15) is 49.8 Å². The summed E-state index contributed by atoms with van der Waals surface area (Å²) >= 11 is 0. The number of hydrogen-bond donors (Lipinski definition) is 1. The van der Waals surface area contributed by atoms with Crippen LogP contribution in [0.2, 0.25) is 0 Å². The van der Waals surface area contributed by atoms with Gasteiger partial charge in [-0.25, -0.2) is 4.98 Å². The molecule has 7 nitrogen and oxygen atoms in total. The fraction of sp³-hybridized carbons (Fsp3) is 0.536. The number of nitrogens with one attached hydrogen (secondary N) is 1. The maximum atomic E-state index is 13.2. The number of anilines is 1. The van der Waals surface area contributed by atoms with Gasteiger partial charge in [0, 0.05) is 50.4 Å². The van der Waals surface area contributed by atoms with Crippen molar-refractivity contribution < 1.29 is 22.7 Å². The Kier molecular flexibility index (Phi) is 7.88. The fourth-order valence-electron chi connectivity index (χ4n) is 5.72. The van der Waals surface area contributed by atoms with Crippen molar-refractivity contribution >= 4 is 17.3 Å².